The minimum Gasteiger partial charge on any atom is -0.268 e. The van der Waals surface area contributed by atoms with Crippen molar-refractivity contribution in [3.05, 3.63) is 53.6 Å². The number of hydrogen-bond acceptors (Lipinski definition) is 3. The number of hydrogen-bond donors (Lipinski definition) is 1. The summed E-state index contributed by atoms with van der Waals surface area (Å²) >= 11 is 4.87. The Morgan fingerprint density at radius 3 is 2.73 bits per heavy atom. The summed E-state index contributed by atoms with van der Waals surface area (Å²) in [6.07, 6.45) is 0. The first kappa shape index (κ1) is 10.4. The van der Waals surface area contributed by atoms with E-state index in [1.165, 1.54) is 28.2 Å². The van der Waals surface area contributed by atoms with Gasteiger partial charge in [-0.2, -0.15) is 0 Å². The molecule has 0 aliphatic rings. The van der Waals surface area contributed by atoms with Crippen LogP contribution in [0, 0.1) is 0 Å². The number of aromatic nitrogens is 2. The molecule has 2 heterocycles. The number of thiophene rings is 1. The molecule has 0 aliphatic heterocycles. The molecule has 0 aliphatic carbocycles. The van der Waals surface area contributed by atoms with Gasteiger partial charge in [0.1, 0.15) is 0 Å². The third-order valence-corrected chi connectivity index (χ3v) is 3.44. The quantitative estimate of drug-likeness (QED) is 0.908. The summed E-state index contributed by atoms with van der Waals surface area (Å²) in [6, 6.07) is 6.31. The fourth-order valence-corrected chi connectivity index (χ4v) is 2.64. The summed E-state index contributed by atoms with van der Waals surface area (Å²) in [5, 5.41) is 2.47. The SMILES string of the molecule is O=c1ccc(=O)n(Cc2ccc(Br)s2)[nH]1. The van der Waals surface area contributed by atoms with Gasteiger partial charge < -0.3 is 0 Å². The van der Waals surface area contributed by atoms with Crippen LogP contribution in [0.4, 0.5) is 0 Å². The molecule has 0 unspecified atom stereocenters. The molecule has 0 aromatic carbocycles. The topological polar surface area (TPSA) is 54.9 Å². The van der Waals surface area contributed by atoms with Crippen LogP contribution in [0.3, 0.4) is 0 Å². The van der Waals surface area contributed by atoms with E-state index in [4.69, 9.17) is 0 Å². The molecule has 4 nitrogen and oxygen atoms in total. The van der Waals surface area contributed by atoms with Gasteiger partial charge in [0.15, 0.2) is 0 Å². The Labute approximate surface area is 97.3 Å². The summed E-state index contributed by atoms with van der Waals surface area (Å²) in [5.74, 6) is 0. The third-order valence-electron chi connectivity index (χ3n) is 1.83. The zero-order chi connectivity index (χ0) is 10.8. The van der Waals surface area contributed by atoms with Crippen molar-refractivity contribution >= 4 is 27.3 Å². The molecule has 0 atom stereocenters. The fourth-order valence-electron chi connectivity index (χ4n) is 1.17. The summed E-state index contributed by atoms with van der Waals surface area (Å²) in [6.45, 7) is 0.394. The van der Waals surface area contributed by atoms with Crippen molar-refractivity contribution in [1.29, 1.82) is 0 Å². The minimum atomic E-state index is -0.273. The van der Waals surface area contributed by atoms with Crippen molar-refractivity contribution in [2.75, 3.05) is 0 Å². The Morgan fingerprint density at radius 1 is 1.27 bits per heavy atom. The fraction of sp³-hybridized carbons (Fsp3) is 0.111. The third kappa shape index (κ3) is 2.45. The first-order chi connectivity index (χ1) is 7.15. The van der Waals surface area contributed by atoms with E-state index in [1.54, 1.807) is 0 Å². The number of halogens is 1. The Kier molecular flexibility index (Phi) is 2.88. The molecular formula is C9H7BrN2O2S. The van der Waals surface area contributed by atoms with Crippen molar-refractivity contribution in [3.63, 3.8) is 0 Å². The second-order valence-corrected chi connectivity index (χ2v) is 5.49. The molecule has 15 heavy (non-hydrogen) atoms. The smallest absolute Gasteiger partial charge is 0.265 e. The first-order valence-corrected chi connectivity index (χ1v) is 5.80. The number of nitrogens with zero attached hydrogens (tertiary/aromatic N) is 1. The second kappa shape index (κ2) is 4.16. The number of aromatic amines is 1. The number of rotatable bonds is 2. The standard InChI is InChI=1S/C9H7BrN2O2S/c10-7-2-1-6(15-7)5-12-9(14)4-3-8(13)11-12/h1-4H,5H2,(H,11,13). The van der Waals surface area contributed by atoms with Crippen molar-refractivity contribution in [2.45, 2.75) is 6.54 Å². The molecule has 2 aromatic heterocycles. The lowest BCUT2D eigenvalue weighted by molar-refractivity contribution is 0.633. The van der Waals surface area contributed by atoms with E-state index in [1.807, 2.05) is 12.1 Å². The van der Waals surface area contributed by atoms with Crippen LogP contribution in [-0.2, 0) is 6.54 Å². The Hall–Kier alpha value is -1.14. The predicted octanol–water partition coefficient (Wildman–Crippen LogP) is 1.41. The molecule has 0 spiro atoms. The van der Waals surface area contributed by atoms with Crippen LogP contribution in [0.1, 0.15) is 4.88 Å². The average molecular weight is 287 g/mol. The summed E-state index contributed by atoms with van der Waals surface area (Å²) in [5.41, 5.74) is -0.482. The Morgan fingerprint density at radius 2 is 2.07 bits per heavy atom. The molecule has 6 heteroatoms. The molecule has 0 amide bonds. The van der Waals surface area contributed by atoms with E-state index >= 15 is 0 Å². The van der Waals surface area contributed by atoms with Crippen molar-refractivity contribution in [1.82, 2.24) is 9.78 Å². The molecule has 1 N–H and O–H groups in total. The Bertz CT molecular complexity index is 584. The van der Waals surface area contributed by atoms with Crippen LogP contribution in [0.2, 0.25) is 0 Å². The zero-order valence-electron chi connectivity index (χ0n) is 7.57. The second-order valence-electron chi connectivity index (χ2n) is 2.94. The van der Waals surface area contributed by atoms with E-state index in [0.29, 0.717) is 6.54 Å². The number of nitrogens with one attached hydrogen (secondary N) is 1. The molecule has 2 rings (SSSR count). The molecule has 0 fully saturated rings. The lowest BCUT2D eigenvalue weighted by Gasteiger charge is -2.01. The number of H-pyrrole nitrogens is 1. The monoisotopic (exact) mass is 286 g/mol. The minimum absolute atomic E-state index is 0.209. The van der Waals surface area contributed by atoms with Gasteiger partial charge in [-0.1, -0.05) is 0 Å². The van der Waals surface area contributed by atoms with Crippen molar-refractivity contribution in [3.8, 4) is 0 Å². The lowest BCUT2D eigenvalue weighted by atomic mass is 10.4. The highest BCUT2D eigenvalue weighted by Crippen LogP contribution is 2.22. The van der Waals surface area contributed by atoms with Gasteiger partial charge in [-0.15, -0.1) is 11.3 Å². The van der Waals surface area contributed by atoms with Gasteiger partial charge in [0.05, 0.1) is 10.3 Å². The summed E-state index contributed by atoms with van der Waals surface area (Å²) in [4.78, 5) is 23.4. The van der Waals surface area contributed by atoms with Gasteiger partial charge in [0.25, 0.3) is 11.1 Å². The van der Waals surface area contributed by atoms with Gasteiger partial charge >= 0.3 is 0 Å². The molecule has 0 saturated carbocycles. The van der Waals surface area contributed by atoms with Gasteiger partial charge in [-0.05, 0) is 28.1 Å². The molecule has 0 bridgehead atoms. The highest BCUT2D eigenvalue weighted by atomic mass is 79.9. The first-order valence-electron chi connectivity index (χ1n) is 4.19. The van der Waals surface area contributed by atoms with Gasteiger partial charge in [0.2, 0.25) is 0 Å². The van der Waals surface area contributed by atoms with Crippen LogP contribution in [0.25, 0.3) is 0 Å². The zero-order valence-corrected chi connectivity index (χ0v) is 9.97. The molecule has 2 aromatic rings. The van der Waals surface area contributed by atoms with E-state index in [2.05, 4.69) is 21.0 Å². The Balaban J connectivity index is 2.35. The van der Waals surface area contributed by atoms with Gasteiger partial charge in [-0.25, -0.2) is 4.68 Å². The highest BCUT2D eigenvalue weighted by Gasteiger charge is 2.01. The summed E-state index contributed by atoms with van der Waals surface area (Å²) < 4.78 is 2.30. The van der Waals surface area contributed by atoms with E-state index in [9.17, 15) is 9.59 Å². The van der Waals surface area contributed by atoms with Gasteiger partial charge in [0, 0.05) is 17.0 Å². The maximum absolute atomic E-state index is 11.4. The average Bonchev–Trinajstić information content (AvgIpc) is 2.58. The molecule has 0 saturated heterocycles. The van der Waals surface area contributed by atoms with Crippen LogP contribution in [0.5, 0.6) is 0 Å². The largest absolute Gasteiger partial charge is 0.268 e. The molecular weight excluding hydrogens is 280 g/mol. The van der Waals surface area contributed by atoms with Gasteiger partial charge in [-0.3, -0.25) is 14.7 Å². The highest BCUT2D eigenvalue weighted by molar-refractivity contribution is 9.11. The lowest BCUT2D eigenvalue weighted by Crippen LogP contribution is -2.27. The van der Waals surface area contributed by atoms with E-state index in [-0.39, 0.29) is 11.1 Å². The van der Waals surface area contributed by atoms with Crippen molar-refractivity contribution in [2.24, 2.45) is 0 Å². The molecule has 0 radical (unpaired) electrons. The summed E-state index contributed by atoms with van der Waals surface area (Å²) in [7, 11) is 0. The van der Waals surface area contributed by atoms with Crippen LogP contribution in [-0.4, -0.2) is 9.78 Å². The maximum atomic E-state index is 11.4. The van der Waals surface area contributed by atoms with E-state index < -0.39 is 0 Å². The van der Waals surface area contributed by atoms with Crippen LogP contribution < -0.4 is 11.1 Å². The van der Waals surface area contributed by atoms with Crippen LogP contribution >= 0.6 is 27.3 Å². The van der Waals surface area contributed by atoms with Crippen molar-refractivity contribution < 1.29 is 0 Å². The maximum Gasteiger partial charge on any atom is 0.265 e. The predicted molar refractivity (Wildman–Crippen MR) is 62.4 cm³/mol. The van der Waals surface area contributed by atoms with E-state index in [0.717, 1.165) is 8.66 Å². The van der Waals surface area contributed by atoms with Crippen LogP contribution in [0.15, 0.2) is 37.6 Å². The molecule has 78 valence electrons. The normalized spacial score (nSPS) is 10.5.